The first kappa shape index (κ1) is 16.8. The van der Waals surface area contributed by atoms with Gasteiger partial charge in [-0.2, -0.15) is 4.72 Å². The molecule has 20 heavy (non-hydrogen) atoms. The number of carbonyl (C=O) groups is 1. The van der Waals surface area contributed by atoms with Crippen LogP contribution in [0, 0.1) is 10.1 Å². The molecule has 0 aliphatic carbocycles. The van der Waals surface area contributed by atoms with E-state index in [0.717, 1.165) is 13.2 Å². The molecule has 0 amide bonds. The van der Waals surface area contributed by atoms with Crippen LogP contribution < -0.4 is 4.72 Å². The van der Waals surface area contributed by atoms with Crippen LogP contribution >= 0.6 is 22.9 Å². The fraction of sp³-hybridized carbons (Fsp3) is 0.375. The maximum absolute atomic E-state index is 11.9. The van der Waals surface area contributed by atoms with Crippen molar-refractivity contribution in [2.24, 2.45) is 0 Å². The number of carbonyl (C=O) groups excluding carboxylic acids is 1. The minimum atomic E-state index is -4.24. The Morgan fingerprint density at radius 2 is 2.30 bits per heavy atom. The number of ether oxygens (including phenoxy) is 1. The first-order valence-corrected chi connectivity index (χ1v) is 7.55. The van der Waals surface area contributed by atoms with E-state index < -0.39 is 43.5 Å². The number of nitrogens with one attached hydrogen (secondary N) is 1. The number of sulfonamides is 1. The van der Waals surface area contributed by atoms with Crippen molar-refractivity contribution in [2.75, 3.05) is 13.7 Å². The molecule has 1 unspecified atom stereocenters. The number of rotatable bonds is 6. The van der Waals surface area contributed by atoms with Crippen molar-refractivity contribution in [3.63, 3.8) is 0 Å². The van der Waals surface area contributed by atoms with E-state index in [1.165, 1.54) is 0 Å². The van der Waals surface area contributed by atoms with E-state index in [9.17, 15) is 23.3 Å². The molecule has 2 N–H and O–H groups in total. The Kier molecular flexibility index (Phi) is 5.42. The quantitative estimate of drug-likeness (QED) is 0.425. The Balaban J connectivity index is 3.08. The smallest absolute Gasteiger partial charge is 0.326 e. The van der Waals surface area contributed by atoms with Gasteiger partial charge in [0, 0.05) is 6.07 Å². The second-order valence-electron chi connectivity index (χ2n) is 3.36. The van der Waals surface area contributed by atoms with Gasteiger partial charge in [-0.25, -0.2) is 8.42 Å². The molecule has 1 aromatic rings. The third-order valence-corrected chi connectivity index (χ3v) is 5.36. The number of hydrogen-bond donors (Lipinski definition) is 2. The van der Waals surface area contributed by atoms with Crippen LogP contribution in [-0.2, 0) is 19.6 Å². The monoisotopic (exact) mass is 344 g/mol. The molecule has 0 aliphatic rings. The summed E-state index contributed by atoms with van der Waals surface area (Å²) >= 11 is 6.01. The minimum absolute atomic E-state index is 0.311. The Bertz CT molecular complexity index is 627. The fourth-order valence-corrected chi connectivity index (χ4v) is 4.00. The summed E-state index contributed by atoms with van der Waals surface area (Å²) in [5.74, 6) is -0.992. The van der Waals surface area contributed by atoms with E-state index in [4.69, 9.17) is 16.7 Å². The van der Waals surface area contributed by atoms with Crippen LogP contribution in [0.3, 0.4) is 0 Å². The van der Waals surface area contributed by atoms with Gasteiger partial charge in [-0.1, -0.05) is 11.6 Å². The lowest BCUT2D eigenvalue weighted by molar-refractivity contribution is -0.384. The van der Waals surface area contributed by atoms with Crippen molar-refractivity contribution < 1.29 is 28.0 Å². The molecule has 1 aromatic heterocycles. The summed E-state index contributed by atoms with van der Waals surface area (Å²) < 4.78 is 29.2. The predicted octanol–water partition coefficient (Wildman–Crippen LogP) is 0.122. The molecular formula is C8H9ClN2O7S2. The number of nitro groups is 1. The zero-order valence-electron chi connectivity index (χ0n) is 9.90. The molecule has 0 bridgehead atoms. The molecule has 112 valence electrons. The lowest BCUT2D eigenvalue weighted by Crippen LogP contribution is -2.43. The number of nitrogens with zero attached hydrogens (tertiary/aromatic N) is 1. The van der Waals surface area contributed by atoms with Gasteiger partial charge >= 0.3 is 5.97 Å². The molecule has 9 nitrogen and oxygen atoms in total. The minimum Gasteiger partial charge on any atom is -0.468 e. The first-order chi connectivity index (χ1) is 9.22. The first-order valence-electron chi connectivity index (χ1n) is 4.87. The zero-order chi connectivity index (χ0) is 15.5. The van der Waals surface area contributed by atoms with Crippen LogP contribution in [0.25, 0.3) is 0 Å². The summed E-state index contributed by atoms with van der Waals surface area (Å²) in [6.07, 6.45) is 0. The van der Waals surface area contributed by atoms with Gasteiger partial charge in [0.1, 0.15) is 10.3 Å². The molecule has 0 aromatic carbocycles. The van der Waals surface area contributed by atoms with E-state index in [2.05, 4.69) is 4.74 Å². The van der Waals surface area contributed by atoms with Crippen molar-refractivity contribution >= 4 is 44.6 Å². The third kappa shape index (κ3) is 3.64. The van der Waals surface area contributed by atoms with Gasteiger partial charge in [0.2, 0.25) is 0 Å². The van der Waals surface area contributed by atoms with Gasteiger partial charge in [-0.05, 0) is 0 Å². The van der Waals surface area contributed by atoms with Gasteiger partial charge in [-0.3, -0.25) is 14.9 Å². The Morgan fingerprint density at radius 3 is 2.70 bits per heavy atom. The van der Waals surface area contributed by atoms with Crippen LogP contribution in [-0.4, -0.2) is 44.2 Å². The number of thiophene rings is 1. The van der Waals surface area contributed by atoms with Gasteiger partial charge in [0.15, 0.2) is 4.34 Å². The number of hydrogen-bond acceptors (Lipinski definition) is 8. The maximum Gasteiger partial charge on any atom is 0.326 e. The second kappa shape index (κ2) is 6.45. The van der Waals surface area contributed by atoms with Gasteiger partial charge in [0.25, 0.3) is 15.7 Å². The molecular weight excluding hydrogens is 336 g/mol. The summed E-state index contributed by atoms with van der Waals surface area (Å²) in [7, 11) is -3.22. The third-order valence-electron chi connectivity index (χ3n) is 2.07. The Hall–Kier alpha value is -1.27. The molecule has 1 heterocycles. The molecule has 0 saturated carbocycles. The SMILES string of the molecule is COC(=O)C(CO)NS(=O)(=O)c1cc([N+](=O)[O-])c(Cl)s1. The average molecular weight is 345 g/mol. The summed E-state index contributed by atoms with van der Waals surface area (Å²) in [6.45, 7) is -0.826. The summed E-state index contributed by atoms with van der Waals surface area (Å²) in [5.41, 5.74) is -0.560. The van der Waals surface area contributed by atoms with E-state index in [1.54, 1.807) is 0 Å². The number of aliphatic hydroxyl groups excluding tert-OH is 1. The second-order valence-corrected chi connectivity index (χ2v) is 6.96. The molecule has 0 aliphatic heterocycles. The van der Waals surface area contributed by atoms with Crippen molar-refractivity contribution in [2.45, 2.75) is 10.3 Å². The Morgan fingerprint density at radius 1 is 1.70 bits per heavy atom. The lowest BCUT2D eigenvalue weighted by Gasteiger charge is -2.12. The van der Waals surface area contributed by atoms with Crippen LogP contribution in [0.4, 0.5) is 5.69 Å². The van der Waals surface area contributed by atoms with E-state index in [-0.39, 0.29) is 4.34 Å². The molecule has 12 heteroatoms. The molecule has 1 atom stereocenters. The molecule has 0 saturated heterocycles. The Labute approximate surface area is 122 Å². The van der Waals surface area contributed by atoms with Crippen LogP contribution in [0.5, 0.6) is 0 Å². The molecule has 0 radical (unpaired) electrons. The highest BCUT2D eigenvalue weighted by Gasteiger charge is 2.30. The van der Waals surface area contributed by atoms with Crippen molar-refractivity contribution in [3.05, 3.63) is 20.5 Å². The highest BCUT2D eigenvalue weighted by molar-refractivity contribution is 7.91. The molecule has 0 fully saturated rings. The summed E-state index contributed by atoms with van der Waals surface area (Å²) in [5, 5.41) is 19.5. The largest absolute Gasteiger partial charge is 0.468 e. The zero-order valence-corrected chi connectivity index (χ0v) is 12.3. The highest BCUT2D eigenvalue weighted by Crippen LogP contribution is 2.36. The maximum atomic E-state index is 11.9. The van der Waals surface area contributed by atoms with E-state index >= 15 is 0 Å². The fourth-order valence-electron chi connectivity index (χ4n) is 1.14. The van der Waals surface area contributed by atoms with Gasteiger partial charge in [-0.15, -0.1) is 11.3 Å². The number of esters is 1. The average Bonchev–Trinajstić information content (AvgIpc) is 2.78. The standard InChI is InChI=1S/C8H9ClN2O7S2/c1-18-8(13)4(3-12)10-20(16,17)6-2-5(11(14)15)7(9)19-6/h2,4,10,12H,3H2,1H3. The normalized spacial score (nSPS) is 12.9. The van der Waals surface area contributed by atoms with Crippen molar-refractivity contribution in [1.29, 1.82) is 0 Å². The predicted molar refractivity (Wildman–Crippen MR) is 69.2 cm³/mol. The van der Waals surface area contributed by atoms with Gasteiger partial charge < -0.3 is 9.84 Å². The van der Waals surface area contributed by atoms with Crippen molar-refractivity contribution in [1.82, 2.24) is 4.72 Å². The summed E-state index contributed by atoms with van der Waals surface area (Å²) in [6, 6.07) is -0.744. The number of methoxy groups -OCH3 is 1. The van der Waals surface area contributed by atoms with E-state index in [0.29, 0.717) is 11.3 Å². The summed E-state index contributed by atoms with van der Waals surface area (Å²) in [4.78, 5) is 21.0. The lowest BCUT2D eigenvalue weighted by atomic mass is 10.3. The van der Waals surface area contributed by atoms with Crippen LogP contribution in [0.2, 0.25) is 4.34 Å². The number of aliphatic hydroxyl groups is 1. The van der Waals surface area contributed by atoms with E-state index in [1.807, 2.05) is 4.72 Å². The van der Waals surface area contributed by atoms with Crippen molar-refractivity contribution in [3.8, 4) is 0 Å². The molecule has 1 rings (SSSR count). The van der Waals surface area contributed by atoms with Gasteiger partial charge in [0.05, 0.1) is 18.6 Å². The van der Waals surface area contributed by atoms with Crippen LogP contribution in [0.1, 0.15) is 0 Å². The topological polar surface area (TPSA) is 136 Å². The highest BCUT2D eigenvalue weighted by atomic mass is 35.5. The van der Waals surface area contributed by atoms with Crippen LogP contribution in [0.15, 0.2) is 10.3 Å². The molecule has 0 spiro atoms. The number of halogens is 1.